The Morgan fingerprint density at radius 3 is 2.43 bits per heavy atom. The molecule has 118 valence electrons. The van der Waals surface area contributed by atoms with Crippen LogP contribution in [-0.2, 0) is 14.8 Å². The molecule has 0 aromatic heterocycles. The maximum absolute atomic E-state index is 13.7. The van der Waals surface area contributed by atoms with Crippen LogP contribution < -0.4 is 0 Å². The summed E-state index contributed by atoms with van der Waals surface area (Å²) < 4.78 is 71.7. The second-order valence-corrected chi connectivity index (χ2v) is 7.21. The van der Waals surface area contributed by atoms with Crippen molar-refractivity contribution in [2.75, 3.05) is 18.5 Å². The first kappa shape index (κ1) is 16.7. The molecule has 0 saturated carbocycles. The lowest BCUT2D eigenvalue weighted by Gasteiger charge is -2.36. The summed E-state index contributed by atoms with van der Waals surface area (Å²) in [5, 5.41) is 0.389. The van der Waals surface area contributed by atoms with E-state index in [0.717, 1.165) is 4.31 Å². The molecule has 0 aliphatic carbocycles. The molecule has 0 spiro atoms. The predicted molar refractivity (Wildman–Crippen MR) is 73.2 cm³/mol. The Hall–Kier alpha value is -0.640. The van der Waals surface area contributed by atoms with Crippen molar-refractivity contribution in [1.82, 2.24) is 4.31 Å². The lowest BCUT2D eigenvalue weighted by Crippen LogP contribution is -2.51. The third-order valence-electron chi connectivity index (χ3n) is 3.15. The molecular weight excluding hydrogens is 375 g/mol. The Morgan fingerprint density at radius 1 is 1.33 bits per heavy atom. The Balaban J connectivity index is 2.46. The van der Waals surface area contributed by atoms with Gasteiger partial charge in [-0.2, -0.15) is 4.31 Å². The lowest BCUT2D eigenvalue weighted by atomic mass is 10.2. The highest BCUT2D eigenvalue weighted by atomic mass is 79.9. The van der Waals surface area contributed by atoms with E-state index in [9.17, 15) is 21.6 Å². The fraction of sp³-hybridized carbons (Fsp3) is 0.500. The second-order valence-electron chi connectivity index (χ2n) is 4.73. The van der Waals surface area contributed by atoms with Gasteiger partial charge >= 0.3 is 0 Å². The number of nitrogens with zero attached hydrogens (tertiary/aromatic N) is 1. The molecule has 1 aromatic rings. The molecule has 2 rings (SSSR count). The van der Waals surface area contributed by atoms with Crippen molar-refractivity contribution in [3.05, 3.63) is 29.6 Å². The minimum absolute atomic E-state index is 0.0367. The molecule has 1 fully saturated rings. The van der Waals surface area contributed by atoms with Gasteiger partial charge in [-0.15, -0.1) is 0 Å². The third-order valence-corrected chi connectivity index (χ3v) is 5.90. The van der Waals surface area contributed by atoms with E-state index in [4.69, 9.17) is 4.74 Å². The second kappa shape index (κ2) is 6.23. The first-order valence-electron chi connectivity index (χ1n) is 6.11. The number of morpholine rings is 1. The molecule has 0 bridgehead atoms. The summed E-state index contributed by atoms with van der Waals surface area (Å²) in [6.07, 6.45) is -0.414. The molecule has 4 nitrogen and oxygen atoms in total. The van der Waals surface area contributed by atoms with Crippen molar-refractivity contribution >= 4 is 26.0 Å². The number of hydrogen-bond donors (Lipinski definition) is 0. The van der Waals surface area contributed by atoms with Crippen molar-refractivity contribution in [3.8, 4) is 0 Å². The van der Waals surface area contributed by atoms with E-state index in [0.29, 0.717) is 17.5 Å². The van der Waals surface area contributed by atoms with Gasteiger partial charge in [0.1, 0.15) is 17.5 Å². The monoisotopic (exact) mass is 387 g/mol. The van der Waals surface area contributed by atoms with Gasteiger partial charge in [-0.1, -0.05) is 15.9 Å². The van der Waals surface area contributed by atoms with Crippen molar-refractivity contribution in [2.45, 2.75) is 24.0 Å². The average molecular weight is 388 g/mol. The van der Waals surface area contributed by atoms with Gasteiger partial charge in [0.25, 0.3) is 0 Å². The van der Waals surface area contributed by atoms with Crippen LogP contribution in [0.25, 0.3) is 0 Å². The zero-order valence-electron chi connectivity index (χ0n) is 11.0. The summed E-state index contributed by atoms with van der Waals surface area (Å²) >= 11 is 3.18. The van der Waals surface area contributed by atoms with Crippen LogP contribution in [0, 0.1) is 17.5 Å². The predicted octanol–water partition coefficient (Wildman–Crippen LogP) is 2.28. The SMILES string of the molecule is CC1COC(CBr)CN1S(=O)(=O)c1c(F)cc(F)cc1F. The first-order valence-corrected chi connectivity index (χ1v) is 8.67. The molecule has 0 N–H and O–H groups in total. The fourth-order valence-electron chi connectivity index (χ4n) is 2.11. The van der Waals surface area contributed by atoms with Crippen molar-refractivity contribution < 1.29 is 26.3 Å². The fourth-order valence-corrected chi connectivity index (χ4v) is 4.25. The van der Waals surface area contributed by atoms with Crippen molar-refractivity contribution in [1.29, 1.82) is 0 Å². The zero-order valence-corrected chi connectivity index (χ0v) is 13.4. The highest BCUT2D eigenvalue weighted by Gasteiger charge is 2.38. The Labute approximate surface area is 129 Å². The third kappa shape index (κ3) is 3.25. The highest BCUT2D eigenvalue weighted by Crippen LogP contribution is 2.27. The number of benzene rings is 1. The zero-order chi connectivity index (χ0) is 15.8. The lowest BCUT2D eigenvalue weighted by molar-refractivity contribution is -0.0140. The van der Waals surface area contributed by atoms with Crippen LogP contribution in [0.5, 0.6) is 0 Å². The van der Waals surface area contributed by atoms with E-state index in [-0.39, 0.29) is 13.2 Å². The standard InChI is InChI=1S/C12H13BrF3NO3S/c1-7-6-20-9(4-13)5-17(7)21(18,19)12-10(15)2-8(14)3-11(12)16/h2-3,7,9H,4-6H2,1H3. The number of alkyl halides is 1. The summed E-state index contributed by atoms with van der Waals surface area (Å²) in [5.74, 6) is -4.06. The van der Waals surface area contributed by atoms with Crippen molar-refractivity contribution in [2.24, 2.45) is 0 Å². The van der Waals surface area contributed by atoms with Crippen LogP contribution in [0.15, 0.2) is 17.0 Å². The van der Waals surface area contributed by atoms with Crippen LogP contribution in [0.2, 0.25) is 0 Å². The summed E-state index contributed by atoms with van der Waals surface area (Å²) in [4.78, 5) is -1.13. The van der Waals surface area contributed by atoms with E-state index in [2.05, 4.69) is 15.9 Å². The maximum atomic E-state index is 13.7. The molecule has 2 atom stereocenters. The number of rotatable bonds is 3. The topological polar surface area (TPSA) is 46.6 Å². The van der Waals surface area contributed by atoms with E-state index < -0.39 is 44.5 Å². The smallest absolute Gasteiger partial charge is 0.249 e. The van der Waals surface area contributed by atoms with Crippen LogP contribution in [0.1, 0.15) is 6.92 Å². The minimum Gasteiger partial charge on any atom is -0.374 e. The summed E-state index contributed by atoms with van der Waals surface area (Å²) in [5.41, 5.74) is 0. The summed E-state index contributed by atoms with van der Waals surface area (Å²) in [6.45, 7) is 1.65. The largest absolute Gasteiger partial charge is 0.374 e. The number of hydrogen-bond acceptors (Lipinski definition) is 3. The van der Waals surface area contributed by atoms with Gasteiger partial charge in [0, 0.05) is 30.0 Å². The van der Waals surface area contributed by atoms with Crippen LogP contribution in [0.4, 0.5) is 13.2 Å². The van der Waals surface area contributed by atoms with Crippen molar-refractivity contribution in [3.63, 3.8) is 0 Å². The van der Waals surface area contributed by atoms with Gasteiger partial charge in [0.15, 0.2) is 4.90 Å². The molecule has 1 aliphatic heterocycles. The van der Waals surface area contributed by atoms with Gasteiger partial charge < -0.3 is 4.74 Å². The minimum atomic E-state index is -4.42. The summed E-state index contributed by atoms with van der Waals surface area (Å²) in [6, 6.07) is 0.126. The maximum Gasteiger partial charge on any atom is 0.249 e. The molecule has 2 unspecified atom stereocenters. The number of sulfonamides is 1. The summed E-state index contributed by atoms with van der Waals surface area (Å²) in [7, 11) is -4.42. The van der Waals surface area contributed by atoms with Crippen LogP contribution in [0.3, 0.4) is 0 Å². The number of halogens is 4. The molecule has 0 amide bonds. The van der Waals surface area contributed by atoms with E-state index >= 15 is 0 Å². The highest BCUT2D eigenvalue weighted by molar-refractivity contribution is 9.09. The normalized spacial score (nSPS) is 24.2. The van der Waals surface area contributed by atoms with Crippen LogP contribution >= 0.6 is 15.9 Å². The molecule has 1 aliphatic rings. The quantitative estimate of drug-likeness (QED) is 0.747. The number of ether oxygens (including phenoxy) is 1. The van der Waals surface area contributed by atoms with E-state index in [1.807, 2.05) is 0 Å². The average Bonchev–Trinajstić information content (AvgIpc) is 2.37. The molecule has 21 heavy (non-hydrogen) atoms. The first-order chi connectivity index (χ1) is 9.77. The molecule has 1 aromatic carbocycles. The van der Waals surface area contributed by atoms with Gasteiger partial charge in [0.2, 0.25) is 10.0 Å². The molecule has 1 heterocycles. The molecule has 9 heteroatoms. The molecule has 0 radical (unpaired) electrons. The Morgan fingerprint density at radius 2 is 1.90 bits per heavy atom. The van der Waals surface area contributed by atoms with Gasteiger partial charge in [-0.25, -0.2) is 21.6 Å². The molecule has 1 saturated heterocycles. The van der Waals surface area contributed by atoms with E-state index in [1.54, 1.807) is 6.92 Å². The van der Waals surface area contributed by atoms with Gasteiger partial charge in [0.05, 0.1) is 12.7 Å². The Kier molecular flexibility index (Phi) is 4.96. The van der Waals surface area contributed by atoms with E-state index in [1.165, 1.54) is 0 Å². The molecular formula is C12H13BrF3NO3S. The Bertz CT molecular complexity index is 618. The van der Waals surface area contributed by atoms with Gasteiger partial charge in [-0.3, -0.25) is 0 Å². The van der Waals surface area contributed by atoms with Gasteiger partial charge in [-0.05, 0) is 6.92 Å². The van der Waals surface area contributed by atoms with Crippen LogP contribution in [-0.4, -0.2) is 43.4 Å².